The average molecular weight is 348 g/mol. The number of amides is 1. The van der Waals surface area contributed by atoms with E-state index in [0.717, 1.165) is 17.8 Å². The summed E-state index contributed by atoms with van der Waals surface area (Å²) in [5.74, 6) is 0.853. The number of likely N-dealkylation sites (tertiary alicyclic amines) is 1. The number of carbonyl (C=O) groups is 1. The molecule has 0 aromatic carbocycles. The highest BCUT2D eigenvalue weighted by Gasteiger charge is 2.39. The van der Waals surface area contributed by atoms with E-state index in [0.29, 0.717) is 25.0 Å². The van der Waals surface area contributed by atoms with Crippen LogP contribution >= 0.6 is 0 Å². The molecule has 1 aromatic heterocycles. The molecule has 0 bridgehead atoms. The third kappa shape index (κ3) is 3.90. The normalized spacial score (nSPS) is 30.2. The van der Waals surface area contributed by atoms with Crippen molar-refractivity contribution in [2.45, 2.75) is 64.1 Å². The quantitative estimate of drug-likeness (QED) is 0.801. The van der Waals surface area contributed by atoms with E-state index in [1.165, 1.54) is 25.7 Å². The van der Waals surface area contributed by atoms with Gasteiger partial charge in [0.1, 0.15) is 0 Å². The lowest BCUT2D eigenvalue weighted by atomic mass is 9.88. The van der Waals surface area contributed by atoms with Crippen LogP contribution in [0.2, 0.25) is 0 Å². The van der Waals surface area contributed by atoms with Gasteiger partial charge in [-0.25, -0.2) is 0 Å². The summed E-state index contributed by atoms with van der Waals surface area (Å²) in [6.45, 7) is 5.85. The lowest BCUT2D eigenvalue weighted by molar-refractivity contribution is -0.127. The van der Waals surface area contributed by atoms with Gasteiger partial charge in [0.15, 0.2) is 0 Å². The van der Waals surface area contributed by atoms with Gasteiger partial charge in [-0.05, 0) is 25.7 Å². The van der Waals surface area contributed by atoms with Crippen molar-refractivity contribution in [3.05, 3.63) is 17.5 Å². The maximum Gasteiger partial charge on any atom is 0.224 e. The van der Waals surface area contributed by atoms with Crippen molar-refractivity contribution < 1.29 is 9.53 Å². The largest absolute Gasteiger partial charge is 0.377 e. The van der Waals surface area contributed by atoms with E-state index in [4.69, 9.17) is 4.74 Å². The molecule has 3 rings (SSSR count). The zero-order valence-electron chi connectivity index (χ0n) is 16.0. The van der Waals surface area contributed by atoms with Gasteiger partial charge >= 0.3 is 0 Å². The summed E-state index contributed by atoms with van der Waals surface area (Å²) in [6, 6.07) is 0.169. The molecule has 1 amide bonds. The molecule has 2 heterocycles. The predicted molar refractivity (Wildman–Crippen MR) is 97.2 cm³/mol. The Balaban J connectivity index is 1.55. The molecule has 0 spiro atoms. The monoisotopic (exact) mass is 348 g/mol. The van der Waals surface area contributed by atoms with Crippen molar-refractivity contribution >= 4 is 5.91 Å². The van der Waals surface area contributed by atoms with Gasteiger partial charge in [-0.3, -0.25) is 9.48 Å². The summed E-state index contributed by atoms with van der Waals surface area (Å²) in [5, 5.41) is 7.90. The first-order valence-electron chi connectivity index (χ1n) is 9.58. The minimum Gasteiger partial charge on any atom is -0.377 e. The van der Waals surface area contributed by atoms with Gasteiger partial charge in [-0.1, -0.05) is 19.8 Å². The van der Waals surface area contributed by atoms with Crippen LogP contribution in [0.3, 0.4) is 0 Å². The number of likely N-dealkylation sites (N-methyl/N-ethyl adjacent to an activating group) is 1. The molecule has 4 atom stereocenters. The third-order valence-electron chi connectivity index (χ3n) is 6.05. The second-order valence-corrected chi connectivity index (χ2v) is 7.69. The summed E-state index contributed by atoms with van der Waals surface area (Å²) in [6.07, 6.45) is 7.92. The minimum absolute atomic E-state index is 0.0507. The number of hydrogen-bond acceptors (Lipinski definition) is 4. The molecule has 2 fully saturated rings. The van der Waals surface area contributed by atoms with Crippen molar-refractivity contribution in [2.24, 2.45) is 13.0 Å². The van der Waals surface area contributed by atoms with E-state index in [2.05, 4.69) is 24.3 Å². The summed E-state index contributed by atoms with van der Waals surface area (Å²) < 4.78 is 7.97. The topological polar surface area (TPSA) is 59.4 Å². The van der Waals surface area contributed by atoms with Gasteiger partial charge in [0, 0.05) is 44.4 Å². The standard InChI is InChI=1S/C19H32N4O2/c1-13-7-5-6-8-17(13)25-10-9-20-16-11-18(24)22(3)19(16)15-12-21-23(4)14(15)2/h12-13,16-17,19-20H,5-11H2,1-4H3/t13-,16+,17-,19-/m0/s1. The third-order valence-corrected chi connectivity index (χ3v) is 6.05. The molecule has 1 aromatic rings. The van der Waals surface area contributed by atoms with E-state index in [1.54, 1.807) is 0 Å². The Kier molecular flexibility index (Phi) is 5.79. The van der Waals surface area contributed by atoms with Crippen molar-refractivity contribution in [3.63, 3.8) is 0 Å². The molecule has 1 N–H and O–H groups in total. The molecule has 0 unspecified atom stereocenters. The second-order valence-electron chi connectivity index (χ2n) is 7.69. The Labute approximate surface area is 150 Å². The highest BCUT2D eigenvalue weighted by molar-refractivity contribution is 5.80. The Bertz CT molecular complexity index is 600. The van der Waals surface area contributed by atoms with Crippen molar-refractivity contribution in [2.75, 3.05) is 20.2 Å². The summed E-state index contributed by atoms with van der Waals surface area (Å²) in [4.78, 5) is 14.1. The molecule has 25 heavy (non-hydrogen) atoms. The summed E-state index contributed by atoms with van der Waals surface area (Å²) >= 11 is 0. The van der Waals surface area contributed by atoms with Crippen LogP contribution in [0.25, 0.3) is 0 Å². The Morgan fingerprint density at radius 1 is 1.32 bits per heavy atom. The van der Waals surface area contributed by atoms with Gasteiger partial charge in [-0.2, -0.15) is 5.10 Å². The SMILES string of the molecule is Cc1c([C@H]2[C@H](NCCO[C@H]3CCCC[C@@H]3C)CC(=O)N2C)cnn1C. The zero-order chi connectivity index (χ0) is 18.0. The van der Waals surface area contributed by atoms with E-state index >= 15 is 0 Å². The molecule has 6 nitrogen and oxygen atoms in total. The number of aromatic nitrogens is 2. The number of ether oxygens (including phenoxy) is 1. The van der Waals surface area contributed by atoms with Gasteiger partial charge < -0.3 is 15.0 Å². The van der Waals surface area contributed by atoms with Gasteiger partial charge in [0.25, 0.3) is 0 Å². The first-order chi connectivity index (χ1) is 12.0. The molecule has 1 aliphatic carbocycles. The van der Waals surface area contributed by atoms with Crippen LogP contribution in [0.5, 0.6) is 0 Å². The Morgan fingerprint density at radius 2 is 2.08 bits per heavy atom. The van der Waals surface area contributed by atoms with Gasteiger partial charge in [0.05, 0.1) is 24.9 Å². The number of aryl methyl sites for hydroxylation is 1. The second kappa shape index (κ2) is 7.87. The Morgan fingerprint density at radius 3 is 2.76 bits per heavy atom. The number of carbonyl (C=O) groups excluding carboxylic acids is 1. The van der Waals surface area contributed by atoms with Crippen LogP contribution in [-0.4, -0.2) is 52.9 Å². The molecular formula is C19H32N4O2. The molecule has 0 radical (unpaired) electrons. The average Bonchev–Trinajstić information content (AvgIpc) is 3.06. The van der Waals surface area contributed by atoms with Crippen LogP contribution in [-0.2, 0) is 16.6 Å². The van der Waals surface area contributed by atoms with Gasteiger partial charge in [0.2, 0.25) is 5.91 Å². The number of nitrogens with zero attached hydrogens (tertiary/aromatic N) is 3. The molecule has 1 saturated carbocycles. The van der Waals surface area contributed by atoms with Gasteiger partial charge in [-0.15, -0.1) is 0 Å². The van der Waals surface area contributed by atoms with Crippen LogP contribution in [0.1, 0.15) is 56.3 Å². The smallest absolute Gasteiger partial charge is 0.224 e. The fraction of sp³-hybridized carbons (Fsp3) is 0.789. The fourth-order valence-corrected chi connectivity index (χ4v) is 4.27. The van der Waals surface area contributed by atoms with E-state index in [-0.39, 0.29) is 18.0 Å². The van der Waals surface area contributed by atoms with E-state index in [1.807, 2.05) is 29.9 Å². The maximum atomic E-state index is 12.2. The van der Waals surface area contributed by atoms with Crippen LogP contribution < -0.4 is 5.32 Å². The van der Waals surface area contributed by atoms with Crippen molar-refractivity contribution in [1.29, 1.82) is 0 Å². The van der Waals surface area contributed by atoms with Crippen molar-refractivity contribution in [3.8, 4) is 0 Å². The number of nitrogens with one attached hydrogen (secondary N) is 1. The lowest BCUT2D eigenvalue weighted by Crippen LogP contribution is -2.38. The van der Waals surface area contributed by atoms with Crippen LogP contribution in [0.4, 0.5) is 0 Å². The molecular weight excluding hydrogens is 316 g/mol. The first-order valence-corrected chi connectivity index (χ1v) is 9.58. The molecule has 2 aliphatic rings. The molecule has 1 aliphatic heterocycles. The number of rotatable bonds is 6. The van der Waals surface area contributed by atoms with Crippen molar-refractivity contribution in [1.82, 2.24) is 20.0 Å². The highest BCUT2D eigenvalue weighted by Crippen LogP contribution is 2.33. The summed E-state index contributed by atoms with van der Waals surface area (Å²) in [5.41, 5.74) is 2.25. The minimum atomic E-state index is 0.0507. The fourth-order valence-electron chi connectivity index (χ4n) is 4.27. The lowest BCUT2D eigenvalue weighted by Gasteiger charge is -2.29. The molecule has 140 valence electrons. The highest BCUT2D eigenvalue weighted by atomic mass is 16.5. The van der Waals surface area contributed by atoms with E-state index < -0.39 is 0 Å². The van der Waals surface area contributed by atoms with Crippen LogP contribution in [0, 0.1) is 12.8 Å². The number of hydrogen-bond donors (Lipinski definition) is 1. The predicted octanol–water partition coefficient (Wildman–Crippen LogP) is 2.19. The Hall–Kier alpha value is -1.40. The summed E-state index contributed by atoms with van der Waals surface area (Å²) in [7, 11) is 3.83. The molecule has 1 saturated heterocycles. The van der Waals surface area contributed by atoms with Crippen LogP contribution in [0.15, 0.2) is 6.20 Å². The van der Waals surface area contributed by atoms with E-state index in [9.17, 15) is 4.79 Å². The zero-order valence-corrected chi connectivity index (χ0v) is 16.0. The molecule has 6 heteroatoms. The maximum absolute atomic E-state index is 12.2. The first kappa shape index (κ1) is 18.4.